The first-order chi connectivity index (χ1) is 13.6. The van der Waals surface area contributed by atoms with E-state index in [0.29, 0.717) is 17.1 Å². The zero-order valence-electron chi connectivity index (χ0n) is 14.7. The minimum absolute atomic E-state index is 0.0258. The van der Waals surface area contributed by atoms with Crippen LogP contribution in [-0.2, 0) is 11.3 Å². The van der Waals surface area contributed by atoms with Crippen molar-refractivity contribution >= 4 is 23.5 Å². The second kappa shape index (κ2) is 9.52. The van der Waals surface area contributed by atoms with E-state index >= 15 is 0 Å². The Morgan fingerprint density at radius 3 is 2.61 bits per heavy atom. The van der Waals surface area contributed by atoms with Crippen LogP contribution in [0.3, 0.4) is 0 Å². The molecule has 28 heavy (non-hydrogen) atoms. The molecule has 3 rings (SSSR count). The van der Waals surface area contributed by atoms with Gasteiger partial charge in [-0.25, -0.2) is 4.79 Å². The first-order valence-electron chi connectivity index (χ1n) is 8.45. The number of hydrogen-bond donors (Lipinski definition) is 2. The molecule has 1 aromatic heterocycles. The van der Waals surface area contributed by atoms with Gasteiger partial charge in [0.1, 0.15) is 6.61 Å². The fourth-order valence-corrected chi connectivity index (χ4v) is 2.48. The van der Waals surface area contributed by atoms with Crippen molar-refractivity contribution in [2.45, 2.75) is 13.0 Å². The summed E-state index contributed by atoms with van der Waals surface area (Å²) in [5.74, 6) is -0.207. The van der Waals surface area contributed by atoms with E-state index in [4.69, 9.17) is 20.9 Å². The Bertz CT molecular complexity index is 946. The lowest BCUT2D eigenvalue weighted by atomic mass is 10.2. The highest BCUT2D eigenvalue weighted by Gasteiger charge is 2.13. The molecule has 8 nitrogen and oxygen atoms in total. The molecule has 0 bridgehead atoms. The highest BCUT2D eigenvalue weighted by Crippen LogP contribution is 2.26. The number of urea groups is 1. The van der Waals surface area contributed by atoms with Crippen LogP contribution in [0.5, 0.6) is 6.08 Å². The summed E-state index contributed by atoms with van der Waals surface area (Å²) < 4.78 is 10.2. The summed E-state index contributed by atoms with van der Waals surface area (Å²) in [5, 5.41) is 9.09. The van der Waals surface area contributed by atoms with E-state index in [2.05, 4.69) is 20.8 Å². The Hall–Kier alpha value is -3.39. The number of hydrogen-bond acceptors (Lipinski definition) is 6. The summed E-state index contributed by atoms with van der Waals surface area (Å²) in [6, 6.07) is 15.8. The first-order valence-corrected chi connectivity index (χ1v) is 8.82. The molecule has 144 valence electrons. The second-order valence-electron chi connectivity index (χ2n) is 5.68. The maximum atomic E-state index is 11.8. The van der Waals surface area contributed by atoms with Crippen LogP contribution in [0.1, 0.15) is 12.0 Å². The molecule has 2 N–H and O–H groups in total. The maximum absolute atomic E-state index is 11.8. The van der Waals surface area contributed by atoms with E-state index in [1.807, 2.05) is 30.3 Å². The van der Waals surface area contributed by atoms with Crippen molar-refractivity contribution in [2.24, 2.45) is 0 Å². The Morgan fingerprint density at radius 1 is 1.07 bits per heavy atom. The lowest BCUT2D eigenvalue weighted by Crippen LogP contribution is -2.39. The molecule has 0 unspecified atom stereocenters. The van der Waals surface area contributed by atoms with Gasteiger partial charge >= 0.3 is 12.1 Å². The van der Waals surface area contributed by atoms with Crippen molar-refractivity contribution < 1.29 is 18.8 Å². The Morgan fingerprint density at radius 2 is 1.82 bits per heavy atom. The Labute approximate surface area is 165 Å². The predicted octanol–water partition coefficient (Wildman–Crippen LogP) is 3.18. The van der Waals surface area contributed by atoms with Crippen LogP contribution in [0.2, 0.25) is 5.02 Å². The van der Waals surface area contributed by atoms with Crippen molar-refractivity contribution in [2.75, 3.05) is 6.61 Å². The number of carbonyl (C=O) groups excluding carboxylic acids is 2. The van der Waals surface area contributed by atoms with Gasteiger partial charge in [-0.1, -0.05) is 59.2 Å². The highest BCUT2D eigenvalue weighted by molar-refractivity contribution is 6.33. The van der Waals surface area contributed by atoms with E-state index in [1.54, 1.807) is 24.3 Å². The number of carbonyl (C=O) groups is 2. The average molecular weight is 401 g/mol. The van der Waals surface area contributed by atoms with Crippen LogP contribution in [0.4, 0.5) is 4.79 Å². The fourth-order valence-electron chi connectivity index (χ4n) is 2.26. The van der Waals surface area contributed by atoms with Crippen LogP contribution in [0, 0.1) is 0 Å². The van der Waals surface area contributed by atoms with Crippen molar-refractivity contribution in [1.82, 2.24) is 20.8 Å². The molecule has 3 aromatic rings. The topological polar surface area (TPSA) is 106 Å². The summed E-state index contributed by atoms with van der Waals surface area (Å²) in [4.78, 5) is 27.6. The number of halogens is 1. The van der Waals surface area contributed by atoms with E-state index in [1.165, 1.54) is 0 Å². The lowest BCUT2D eigenvalue weighted by molar-refractivity contribution is -0.120. The number of aromatic nitrogens is 2. The minimum Gasteiger partial charge on any atom is -0.448 e. The number of imide groups is 1. The summed E-state index contributed by atoms with van der Waals surface area (Å²) in [7, 11) is 0. The van der Waals surface area contributed by atoms with Gasteiger partial charge < -0.3 is 10.1 Å². The fraction of sp³-hybridized carbons (Fsp3) is 0.158. The molecule has 0 saturated heterocycles. The van der Waals surface area contributed by atoms with Gasteiger partial charge in [-0.2, -0.15) is 4.98 Å². The summed E-state index contributed by atoms with van der Waals surface area (Å²) in [6.07, 6.45) is -0.140. The molecule has 0 fully saturated rings. The standard InChI is InChI=1S/C19H17ClN4O4/c20-15-9-5-4-8-14(15)17-23-19(28-24-17)27-11-10-16(25)22-18(26)21-12-13-6-2-1-3-7-13/h1-9H,10-12H2,(H2,21,22,25,26). The smallest absolute Gasteiger partial charge is 0.417 e. The van der Waals surface area contributed by atoms with Crippen LogP contribution in [-0.4, -0.2) is 28.7 Å². The molecule has 0 aliphatic rings. The molecule has 0 aliphatic carbocycles. The molecule has 0 saturated carbocycles. The van der Waals surface area contributed by atoms with Gasteiger partial charge in [0.05, 0.1) is 11.4 Å². The van der Waals surface area contributed by atoms with Crippen molar-refractivity contribution in [3.8, 4) is 17.5 Å². The molecular weight excluding hydrogens is 384 g/mol. The van der Waals surface area contributed by atoms with Crippen molar-refractivity contribution in [3.05, 3.63) is 65.2 Å². The minimum atomic E-state index is -0.576. The van der Waals surface area contributed by atoms with Crippen LogP contribution in [0.15, 0.2) is 59.1 Å². The molecule has 0 radical (unpaired) electrons. The SMILES string of the molecule is O=C(CCOc1nc(-c2ccccc2Cl)no1)NC(=O)NCc1ccccc1. The molecule has 0 aliphatic heterocycles. The Kier molecular flexibility index (Phi) is 6.59. The van der Waals surface area contributed by atoms with Crippen LogP contribution in [0.25, 0.3) is 11.4 Å². The van der Waals surface area contributed by atoms with Gasteiger partial charge in [0, 0.05) is 12.1 Å². The highest BCUT2D eigenvalue weighted by atomic mass is 35.5. The number of amides is 3. The van der Waals surface area contributed by atoms with Gasteiger partial charge in [-0.3, -0.25) is 14.6 Å². The monoisotopic (exact) mass is 400 g/mol. The summed E-state index contributed by atoms with van der Waals surface area (Å²) >= 11 is 6.07. The van der Waals surface area contributed by atoms with Crippen LogP contribution >= 0.6 is 11.6 Å². The van der Waals surface area contributed by atoms with Crippen molar-refractivity contribution in [3.63, 3.8) is 0 Å². The number of nitrogens with zero attached hydrogens (tertiary/aromatic N) is 2. The van der Waals surface area contributed by atoms with Gasteiger partial charge in [-0.05, 0) is 17.7 Å². The second-order valence-corrected chi connectivity index (χ2v) is 6.09. The normalized spacial score (nSPS) is 10.3. The molecule has 9 heteroatoms. The molecule has 1 heterocycles. The molecule has 0 spiro atoms. The van der Waals surface area contributed by atoms with Gasteiger partial charge in [-0.15, -0.1) is 0 Å². The molecule has 0 atom stereocenters. The molecule has 3 amide bonds. The van der Waals surface area contributed by atoms with E-state index in [9.17, 15) is 9.59 Å². The predicted molar refractivity (Wildman–Crippen MR) is 102 cm³/mol. The quantitative estimate of drug-likeness (QED) is 0.630. The third kappa shape index (κ3) is 5.55. The zero-order valence-corrected chi connectivity index (χ0v) is 15.5. The maximum Gasteiger partial charge on any atom is 0.417 e. The van der Waals surface area contributed by atoms with Gasteiger partial charge in [0.15, 0.2) is 0 Å². The van der Waals surface area contributed by atoms with Crippen LogP contribution < -0.4 is 15.4 Å². The van der Waals surface area contributed by atoms with E-state index in [0.717, 1.165) is 5.56 Å². The zero-order chi connectivity index (χ0) is 19.8. The lowest BCUT2D eigenvalue weighted by Gasteiger charge is -2.06. The van der Waals surface area contributed by atoms with Gasteiger partial charge in [0.25, 0.3) is 0 Å². The summed E-state index contributed by atoms with van der Waals surface area (Å²) in [5.41, 5.74) is 1.54. The third-order valence-corrected chi connectivity index (χ3v) is 3.96. The van der Waals surface area contributed by atoms with Gasteiger partial charge in [0.2, 0.25) is 11.7 Å². The van der Waals surface area contributed by atoms with E-state index < -0.39 is 11.9 Å². The number of nitrogens with one attached hydrogen (secondary N) is 2. The molecule has 2 aromatic carbocycles. The average Bonchev–Trinajstić information content (AvgIpc) is 3.16. The Balaban J connectivity index is 1.39. The third-order valence-electron chi connectivity index (χ3n) is 3.63. The van der Waals surface area contributed by atoms with Crippen molar-refractivity contribution in [1.29, 1.82) is 0 Å². The number of ether oxygens (including phenoxy) is 1. The molecular formula is C19H17ClN4O4. The first kappa shape index (κ1) is 19.4. The number of benzene rings is 2. The largest absolute Gasteiger partial charge is 0.448 e. The van der Waals surface area contributed by atoms with E-state index in [-0.39, 0.29) is 24.9 Å². The number of rotatable bonds is 7. The summed E-state index contributed by atoms with van der Waals surface area (Å²) in [6.45, 7) is 0.297.